The zero-order valence-corrected chi connectivity index (χ0v) is 13.3. The molecule has 20 heavy (non-hydrogen) atoms. The average molecular weight is 315 g/mol. The summed E-state index contributed by atoms with van der Waals surface area (Å²) < 4.78 is 26.4. The molecule has 0 fully saturated rings. The molecule has 0 aliphatic carbocycles. The van der Waals surface area contributed by atoms with Crippen LogP contribution in [0, 0.1) is 6.92 Å². The molecule has 1 aromatic carbocycles. The number of fused-ring (bicyclic) bond motifs is 1. The third-order valence-corrected chi connectivity index (χ3v) is 5.57. The number of aliphatic imine (C=N–C) groups is 1. The molecular formula is C14H19ClN2O2S. The second-order valence-electron chi connectivity index (χ2n) is 4.99. The maximum atomic E-state index is 12.5. The van der Waals surface area contributed by atoms with E-state index in [0.29, 0.717) is 17.3 Å². The van der Waals surface area contributed by atoms with E-state index in [1.165, 1.54) is 10.6 Å². The normalized spacial score (nSPS) is 16.2. The van der Waals surface area contributed by atoms with Gasteiger partial charge in [-0.3, -0.25) is 4.31 Å². The fourth-order valence-electron chi connectivity index (χ4n) is 2.14. The van der Waals surface area contributed by atoms with Crippen LogP contribution in [0.2, 0.25) is 5.02 Å². The Hall–Kier alpha value is -1.07. The number of sulfonamides is 1. The van der Waals surface area contributed by atoms with Gasteiger partial charge < -0.3 is 0 Å². The third-order valence-electron chi connectivity index (χ3n) is 3.38. The highest BCUT2D eigenvalue weighted by Gasteiger charge is 2.28. The number of hydrogen-bond acceptors (Lipinski definition) is 3. The number of aryl methyl sites for hydroxylation is 1. The first-order valence-corrected chi connectivity index (χ1v) is 8.65. The average Bonchev–Trinajstić information content (AvgIpc) is 2.39. The summed E-state index contributed by atoms with van der Waals surface area (Å²) in [7, 11) is -3.48. The van der Waals surface area contributed by atoms with Crippen molar-refractivity contribution in [3.63, 3.8) is 0 Å². The van der Waals surface area contributed by atoms with Crippen LogP contribution < -0.4 is 0 Å². The zero-order chi connectivity index (χ0) is 14.8. The molecule has 1 aliphatic rings. The summed E-state index contributed by atoms with van der Waals surface area (Å²) in [6, 6.07) is 3.21. The molecule has 0 bridgehead atoms. The predicted molar refractivity (Wildman–Crippen MR) is 82.4 cm³/mol. The molecule has 2 rings (SSSR count). The monoisotopic (exact) mass is 314 g/mol. The molecule has 0 aromatic heterocycles. The van der Waals surface area contributed by atoms with Gasteiger partial charge in [0.05, 0.1) is 5.69 Å². The van der Waals surface area contributed by atoms with Crippen LogP contribution in [0.25, 0.3) is 0 Å². The van der Waals surface area contributed by atoms with Crippen LogP contribution in [0.3, 0.4) is 0 Å². The number of rotatable bonds is 5. The first-order chi connectivity index (χ1) is 9.46. The van der Waals surface area contributed by atoms with Gasteiger partial charge >= 0.3 is 0 Å². The Morgan fingerprint density at radius 2 is 2.00 bits per heavy atom. The van der Waals surface area contributed by atoms with Crippen molar-refractivity contribution < 1.29 is 8.42 Å². The van der Waals surface area contributed by atoms with Crippen molar-refractivity contribution in [3.8, 4) is 0 Å². The van der Waals surface area contributed by atoms with Crippen LogP contribution >= 0.6 is 11.6 Å². The van der Waals surface area contributed by atoms with Crippen molar-refractivity contribution in [2.24, 2.45) is 4.99 Å². The van der Waals surface area contributed by atoms with Gasteiger partial charge in [-0.1, -0.05) is 37.8 Å². The molecule has 0 radical (unpaired) electrons. The third kappa shape index (κ3) is 2.99. The first-order valence-electron chi connectivity index (χ1n) is 6.83. The highest BCUT2D eigenvalue weighted by molar-refractivity contribution is 7.89. The van der Waals surface area contributed by atoms with Gasteiger partial charge in [-0.25, -0.2) is 13.4 Å². The van der Waals surface area contributed by atoms with Crippen LogP contribution in [0.4, 0.5) is 5.69 Å². The second-order valence-corrected chi connectivity index (χ2v) is 7.26. The van der Waals surface area contributed by atoms with Crippen molar-refractivity contribution in [2.45, 2.75) is 44.4 Å². The van der Waals surface area contributed by atoms with Gasteiger partial charge in [-0.2, -0.15) is 0 Å². The number of hydrogen-bond donors (Lipinski definition) is 0. The Balaban J connectivity index is 2.23. The summed E-state index contributed by atoms with van der Waals surface area (Å²) in [4.78, 5) is 4.46. The van der Waals surface area contributed by atoms with Gasteiger partial charge in [-0.05, 0) is 31.0 Å². The Morgan fingerprint density at radius 1 is 1.25 bits per heavy atom. The second kappa shape index (κ2) is 6.14. The van der Waals surface area contributed by atoms with Crippen LogP contribution in [-0.4, -0.2) is 25.6 Å². The highest BCUT2D eigenvalue weighted by atomic mass is 35.5. The quantitative estimate of drug-likeness (QED) is 0.774. The molecule has 0 amide bonds. The molecule has 4 nitrogen and oxygen atoms in total. The van der Waals surface area contributed by atoms with E-state index in [0.717, 1.165) is 31.2 Å². The van der Waals surface area contributed by atoms with Gasteiger partial charge in [0.1, 0.15) is 11.2 Å². The van der Waals surface area contributed by atoms with Crippen molar-refractivity contribution in [2.75, 3.05) is 6.54 Å². The van der Waals surface area contributed by atoms with E-state index in [-0.39, 0.29) is 4.90 Å². The van der Waals surface area contributed by atoms with Gasteiger partial charge in [0.2, 0.25) is 0 Å². The van der Waals surface area contributed by atoms with E-state index in [4.69, 9.17) is 11.6 Å². The summed E-state index contributed by atoms with van der Waals surface area (Å²) in [6.07, 6.45) is 5.52. The molecule has 1 aromatic rings. The molecule has 110 valence electrons. The largest absolute Gasteiger partial charge is 0.267 e. The van der Waals surface area contributed by atoms with Gasteiger partial charge in [0.25, 0.3) is 10.0 Å². The molecule has 0 saturated heterocycles. The van der Waals surface area contributed by atoms with Crippen LogP contribution in [0.15, 0.2) is 22.0 Å². The SMILES string of the molecule is CCCCCCN1C=Nc2cc(Cl)c(C)cc2S1(=O)=O. The van der Waals surface area contributed by atoms with Crippen LogP contribution in [0.5, 0.6) is 0 Å². The predicted octanol–water partition coefficient (Wildman–Crippen LogP) is 3.89. The molecule has 0 atom stereocenters. The molecule has 0 saturated carbocycles. The Labute approximate surface area is 125 Å². The summed E-state index contributed by atoms with van der Waals surface area (Å²) in [5.41, 5.74) is 1.17. The van der Waals surface area contributed by atoms with E-state index in [2.05, 4.69) is 11.9 Å². The molecule has 0 unspecified atom stereocenters. The molecular weight excluding hydrogens is 296 g/mol. The smallest absolute Gasteiger partial charge is 0.256 e. The first kappa shape index (κ1) is 15.3. The highest BCUT2D eigenvalue weighted by Crippen LogP contribution is 2.34. The lowest BCUT2D eigenvalue weighted by atomic mass is 10.2. The molecule has 6 heteroatoms. The van der Waals surface area contributed by atoms with Gasteiger partial charge in [-0.15, -0.1) is 0 Å². The Morgan fingerprint density at radius 3 is 2.70 bits per heavy atom. The topological polar surface area (TPSA) is 49.7 Å². The van der Waals surface area contributed by atoms with E-state index in [9.17, 15) is 8.42 Å². The van der Waals surface area contributed by atoms with E-state index in [1.54, 1.807) is 19.1 Å². The lowest BCUT2D eigenvalue weighted by Crippen LogP contribution is -2.33. The summed E-state index contributed by atoms with van der Waals surface area (Å²) >= 11 is 6.01. The fourth-order valence-corrected chi connectivity index (χ4v) is 3.79. The standard InChI is InChI=1S/C14H19ClN2O2S/c1-3-4-5-6-7-17-10-16-13-9-12(15)11(2)8-14(13)20(17,18)19/h8-10H,3-7H2,1-2H3. The fraction of sp³-hybridized carbons (Fsp3) is 0.500. The van der Waals surface area contributed by atoms with Crippen molar-refractivity contribution in [1.29, 1.82) is 0 Å². The molecule has 0 spiro atoms. The van der Waals surface area contributed by atoms with E-state index in [1.807, 2.05) is 0 Å². The maximum Gasteiger partial charge on any atom is 0.267 e. The van der Waals surface area contributed by atoms with Crippen molar-refractivity contribution in [3.05, 3.63) is 22.7 Å². The van der Waals surface area contributed by atoms with E-state index < -0.39 is 10.0 Å². The summed E-state index contributed by atoms with van der Waals surface area (Å²) in [6.45, 7) is 4.40. The van der Waals surface area contributed by atoms with Crippen molar-refractivity contribution >= 4 is 33.7 Å². The number of halogens is 1. The zero-order valence-electron chi connectivity index (χ0n) is 11.8. The number of nitrogens with zero attached hydrogens (tertiary/aromatic N) is 2. The Bertz CT molecular complexity index is 626. The minimum absolute atomic E-state index is 0.248. The summed E-state index contributed by atoms with van der Waals surface area (Å²) in [5, 5.41) is 0.535. The van der Waals surface area contributed by atoms with Crippen molar-refractivity contribution in [1.82, 2.24) is 4.31 Å². The minimum Gasteiger partial charge on any atom is -0.256 e. The van der Waals surface area contributed by atoms with Gasteiger partial charge in [0.15, 0.2) is 0 Å². The van der Waals surface area contributed by atoms with E-state index >= 15 is 0 Å². The Kier molecular flexibility index (Phi) is 4.70. The summed E-state index contributed by atoms with van der Waals surface area (Å²) in [5.74, 6) is 0. The number of unbranched alkanes of at least 4 members (excludes halogenated alkanes) is 3. The molecule has 0 N–H and O–H groups in total. The minimum atomic E-state index is -3.48. The van der Waals surface area contributed by atoms with Crippen LogP contribution in [-0.2, 0) is 10.0 Å². The van der Waals surface area contributed by atoms with Crippen LogP contribution in [0.1, 0.15) is 38.2 Å². The maximum absolute atomic E-state index is 12.5. The molecule has 1 aliphatic heterocycles. The lowest BCUT2D eigenvalue weighted by molar-refractivity contribution is 0.504. The van der Waals surface area contributed by atoms with Gasteiger partial charge in [0, 0.05) is 11.6 Å². The molecule has 1 heterocycles. The number of benzene rings is 1. The lowest BCUT2D eigenvalue weighted by Gasteiger charge is -2.24.